The normalized spacial score (nSPS) is 25.7. The average Bonchev–Trinajstić information content (AvgIpc) is 3.08. The number of pyridine rings is 1. The van der Waals surface area contributed by atoms with Gasteiger partial charge in [0.2, 0.25) is 0 Å². The highest BCUT2D eigenvalue weighted by atomic mass is 32.2. The molecule has 34 heavy (non-hydrogen) atoms. The van der Waals surface area contributed by atoms with Crippen molar-refractivity contribution in [1.82, 2.24) is 14.3 Å². The van der Waals surface area contributed by atoms with Crippen molar-refractivity contribution in [2.75, 3.05) is 18.0 Å². The summed E-state index contributed by atoms with van der Waals surface area (Å²) < 4.78 is 2.21. The van der Waals surface area contributed by atoms with E-state index in [4.69, 9.17) is 17.2 Å². The quantitative estimate of drug-likeness (QED) is 0.439. The van der Waals surface area contributed by atoms with Crippen molar-refractivity contribution in [2.45, 2.75) is 65.3 Å². The Morgan fingerprint density at radius 3 is 2.53 bits per heavy atom. The summed E-state index contributed by atoms with van der Waals surface area (Å²) in [6.45, 7) is 8.17. The molecule has 0 bridgehead atoms. The lowest BCUT2D eigenvalue weighted by Gasteiger charge is -2.36. The van der Waals surface area contributed by atoms with Crippen LogP contribution in [0.15, 0.2) is 28.0 Å². The van der Waals surface area contributed by atoms with Gasteiger partial charge < -0.3 is 4.90 Å². The molecule has 4 heterocycles. The lowest BCUT2D eigenvalue weighted by Crippen LogP contribution is -2.41. The molecule has 1 saturated carbocycles. The summed E-state index contributed by atoms with van der Waals surface area (Å²) in [7, 11) is 0. The van der Waals surface area contributed by atoms with Crippen LogP contribution in [0.4, 0.5) is 5.82 Å². The number of thiocarbonyl (C=S) groups is 1. The van der Waals surface area contributed by atoms with Crippen molar-refractivity contribution in [2.24, 2.45) is 11.8 Å². The zero-order chi connectivity index (χ0) is 24.0. The number of thioether (sulfide) groups is 1. The van der Waals surface area contributed by atoms with E-state index < -0.39 is 0 Å². The largest absolute Gasteiger partial charge is 0.355 e. The summed E-state index contributed by atoms with van der Waals surface area (Å²) in [6, 6.07) is 4.01. The molecule has 2 aromatic heterocycles. The molecule has 0 radical (unpaired) electrons. The van der Waals surface area contributed by atoms with Crippen LogP contribution in [0.25, 0.3) is 11.7 Å². The number of anilines is 1. The van der Waals surface area contributed by atoms with Crippen LogP contribution >= 0.6 is 24.0 Å². The summed E-state index contributed by atoms with van der Waals surface area (Å²) in [5.74, 6) is 1.64. The van der Waals surface area contributed by atoms with Gasteiger partial charge in [-0.25, -0.2) is 4.98 Å². The molecule has 0 N–H and O–H groups in total. The van der Waals surface area contributed by atoms with Gasteiger partial charge in [-0.15, -0.1) is 0 Å². The summed E-state index contributed by atoms with van der Waals surface area (Å²) >= 11 is 6.94. The molecule has 2 atom stereocenters. The molecule has 1 aliphatic carbocycles. The highest BCUT2D eigenvalue weighted by Gasteiger charge is 2.38. The SMILES string of the molecule is Cc1cccn2c(=O)c(/C=C3/SC(=S)N(C4CCCCC4)C3=O)c(N3C[C@H](C)C[C@H](C)C3)nc12. The minimum Gasteiger partial charge on any atom is -0.355 e. The fraction of sp³-hybridized carbons (Fsp3) is 0.538. The van der Waals surface area contributed by atoms with Gasteiger partial charge >= 0.3 is 0 Å². The Labute approximate surface area is 210 Å². The maximum atomic E-state index is 13.8. The summed E-state index contributed by atoms with van der Waals surface area (Å²) in [5.41, 5.74) is 1.96. The first-order chi connectivity index (χ1) is 16.3. The summed E-state index contributed by atoms with van der Waals surface area (Å²) in [4.78, 5) is 36.8. The van der Waals surface area contributed by atoms with Crippen molar-refractivity contribution < 1.29 is 4.79 Å². The number of rotatable bonds is 3. The fourth-order valence-electron chi connectivity index (χ4n) is 5.77. The number of amides is 1. The third kappa shape index (κ3) is 4.31. The minimum absolute atomic E-state index is 0.0676. The molecule has 0 aromatic carbocycles. The van der Waals surface area contributed by atoms with Crippen molar-refractivity contribution in [3.8, 4) is 0 Å². The van der Waals surface area contributed by atoms with E-state index in [1.54, 1.807) is 21.6 Å². The molecule has 1 amide bonds. The first kappa shape index (κ1) is 23.5. The smallest absolute Gasteiger partial charge is 0.267 e. The molecule has 0 spiro atoms. The van der Waals surface area contributed by atoms with E-state index in [0.29, 0.717) is 38.1 Å². The molecule has 180 valence electrons. The van der Waals surface area contributed by atoms with Crippen molar-refractivity contribution in [1.29, 1.82) is 0 Å². The number of piperidine rings is 1. The third-order valence-corrected chi connectivity index (χ3v) is 8.60. The van der Waals surface area contributed by atoms with E-state index in [0.717, 1.165) is 50.8 Å². The van der Waals surface area contributed by atoms with E-state index in [-0.39, 0.29) is 17.5 Å². The summed E-state index contributed by atoms with van der Waals surface area (Å²) in [6.07, 6.45) is 10.1. The maximum Gasteiger partial charge on any atom is 0.267 e. The Morgan fingerprint density at radius 2 is 1.82 bits per heavy atom. The van der Waals surface area contributed by atoms with Crippen molar-refractivity contribution in [3.63, 3.8) is 0 Å². The van der Waals surface area contributed by atoms with E-state index >= 15 is 0 Å². The molecular weight excluding hydrogens is 464 g/mol. The van der Waals surface area contributed by atoms with Crippen LogP contribution in [0.2, 0.25) is 0 Å². The molecule has 6 nitrogen and oxygen atoms in total. The number of hydrogen-bond acceptors (Lipinski definition) is 6. The molecule has 2 saturated heterocycles. The van der Waals surface area contributed by atoms with E-state index in [2.05, 4.69) is 18.7 Å². The van der Waals surface area contributed by atoms with Crippen LogP contribution in [-0.2, 0) is 4.79 Å². The van der Waals surface area contributed by atoms with Gasteiger partial charge in [-0.3, -0.25) is 18.9 Å². The lowest BCUT2D eigenvalue weighted by molar-refractivity contribution is -0.124. The van der Waals surface area contributed by atoms with Gasteiger partial charge in [0, 0.05) is 25.3 Å². The number of aryl methyl sites for hydroxylation is 1. The topological polar surface area (TPSA) is 57.9 Å². The van der Waals surface area contributed by atoms with Crippen LogP contribution in [0.1, 0.15) is 63.5 Å². The summed E-state index contributed by atoms with van der Waals surface area (Å²) in [5, 5.41) is 0. The molecule has 8 heteroatoms. The number of nitrogens with zero attached hydrogens (tertiary/aromatic N) is 4. The van der Waals surface area contributed by atoms with Crippen LogP contribution < -0.4 is 10.5 Å². The van der Waals surface area contributed by atoms with Gasteiger partial charge in [-0.05, 0) is 55.7 Å². The Bertz CT molecular complexity index is 1220. The Kier molecular flexibility index (Phi) is 6.55. The predicted molar refractivity (Wildman–Crippen MR) is 143 cm³/mol. The first-order valence-electron chi connectivity index (χ1n) is 12.4. The monoisotopic (exact) mass is 496 g/mol. The van der Waals surface area contributed by atoms with Crippen LogP contribution in [0, 0.1) is 18.8 Å². The van der Waals surface area contributed by atoms with E-state index in [1.807, 2.05) is 19.1 Å². The molecule has 2 aliphatic heterocycles. The number of aromatic nitrogens is 2. The number of hydrogen-bond donors (Lipinski definition) is 0. The van der Waals surface area contributed by atoms with Crippen LogP contribution in [0.3, 0.4) is 0 Å². The van der Waals surface area contributed by atoms with E-state index in [9.17, 15) is 9.59 Å². The zero-order valence-corrected chi connectivity index (χ0v) is 21.8. The van der Waals surface area contributed by atoms with Gasteiger partial charge in [0.15, 0.2) is 0 Å². The van der Waals surface area contributed by atoms with Gasteiger partial charge in [-0.1, -0.05) is 63.2 Å². The molecule has 5 rings (SSSR count). The minimum atomic E-state index is -0.141. The van der Waals surface area contributed by atoms with Gasteiger partial charge in [0.25, 0.3) is 11.5 Å². The highest BCUT2D eigenvalue weighted by Crippen LogP contribution is 2.38. The highest BCUT2D eigenvalue weighted by molar-refractivity contribution is 8.26. The van der Waals surface area contributed by atoms with Gasteiger partial charge in [0.05, 0.1) is 10.5 Å². The van der Waals surface area contributed by atoms with Crippen molar-refractivity contribution >= 4 is 51.7 Å². The lowest BCUT2D eigenvalue weighted by atomic mass is 9.91. The van der Waals surface area contributed by atoms with Crippen LogP contribution in [-0.4, -0.2) is 43.6 Å². The predicted octanol–water partition coefficient (Wildman–Crippen LogP) is 5.02. The molecular formula is C26H32N4O2S2. The molecule has 3 aliphatic rings. The Balaban J connectivity index is 1.62. The molecule has 2 aromatic rings. The second-order valence-electron chi connectivity index (χ2n) is 10.2. The standard InChI is InChI=1S/C26H32N4O2S2/c1-16-12-17(2)15-28(14-16)23-20(24(31)29-11-7-8-18(3)22(29)27-23)13-21-25(32)30(26(33)34-21)19-9-5-4-6-10-19/h7-8,11,13,16-17,19H,4-6,9-10,12,14-15H2,1-3H3/b21-13+/t16-,17+. The molecule has 0 unspecified atom stereocenters. The maximum absolute atomic E-state index is 13.8. The average molecular weight is 497 g/mol. The first-order valence-corrected chi connectivity index (χ1v) is 13.6. The number of carbonyl (C=O) groups excluding carboxylic acids is 1. The number of fused-ring (bicyclic) bond motifs is 1. The van der Waals surface area contributed by atoms with Gasteiger partial charge in [-0.2, -0.15) is 0 Å². The van der Waals surface area contributed by atoms with Gasteiger partial charge in [0.1, 0.15) is 15.8 Å². The zero-order valence-electron chi connectivity index (χ0n) is 20.1. The number of carbonyl (C=O) groups is 1. The fourth-order valence-corrected chi connectivity index (χ4v) is 7.15. The second kappa shape index (κ2) is 9.46. The third-order valence-electron chi connectivity index (χ3n) is 7.27. The Morgan fingerprint density at radius 1 is 1.12 bits per heavy atom. The van der Waals surface area contributed by atoms with E-state index in [1.165, 1.54) is 18.2 Å². The second-order valence-corrected chi connectivity index (χ2v) is 11.9. The Hall–Kier alpha value is -2.19. The van der Waals surface area contributed by atoms with Crippen molar-refractivity contribution in [3.05, 3.63) is 44.7 Å². The molecule has 3 fully saturated rings. The van der Waals surface area contributed by atoms with Crippen LogP contribution in [0.5, 0.6) is 0 Å².